The molecule has 0 amide bonds. The third-order valence-electron chi connectivity index (χ3n) is 3.62. The first-order valence-electron chi connectivity index (χ1n) is 9.06. The minimum absolute atomic E-state index is 0.152. The SMILES string of the molecule is C=C(C)C(=O)OCC(COC(=O)CCSC)(COC(=O)C(=C)C)COC(=O)C(=C)C. The van der Waals surface area contributed by atoms with Gasteiger partial charge in [-0.2, -0.15) is 11.8 Å². The minimum atomic E-state index is -1.32. The Kier molecular flexibility index (Phi) is 12.5. The molecule has 0 fully saturated rings. The normalized spacial score (nSPS) is 10.5. The minimum Gasteiger partial charge on any atom is -0.465 e. The monoisotopic (exact) mass is 442 g/mol. The molecule has 8 nitrogen and oxygen atoms in total. The van der Waals surface area contributed by atoms with Gasteiger partial charge in [-0.05, 0) is 27.0 Å². The van der Waals surface area contributed by atoms with Gasteiger partial charge in [-0.1, -0.05) is 19.7 Å². The van der Waals surface area contributed by atoms with Crippen LogP contribution < -0.4 is 0 Å². The van der Waals surface area contributed by atoms with Crippen molar-refractivity contribution in [2.75, 3.05) is 38.4 Å². The van der Waals surface area contributed by atoms with Crippen LogP contribution in [0.15, 0.2) is 36.5 Å². The van der Waals surface area contributed by atoms with Gasteiger partial charge < -0.3 is 18.9 Å². The van der Waals surface area contributed by atoms with Crippen molar-refractivity contribution in [2.24, 2.45) is 5.41 Å². The van der Waals surface area contributed by atoms with E-state index in [1.54, 1.807) is 0 Å². The maximum absolute atomic E-state index is 12.0. The largest absolute Gasteiger partial charge is 0.465 e. The van der Waals surface area contributed by atoms with Crippen LogP contribution in [0.4, 0.5) is 0 Å². The van der Waals surface area contributed by atoms with Gasteiger partial charge >= 0.3 is 23.9 Å². The van der Waals surface area contributed by atoms with E-state index < -0.39 is 29.3 Å². The van der Waals surface area contributed by atoms with Crippen molar-refractivity contribution in [3.8, 4) is 0 Å². The zero-order valence-electron chi connectivity index (χ0n) is 18.0. The molecule has 0 saturated carbocycles. The molecular weight excluding hydrogens is 412 g/mol. The lowest BCUT2D eigenvalue weighted by Crippen LogP contribution is -2.44. The van der Waals surface area contributed by atoms with Crippen LogP contribution in [0.1, 0.15) is 27.2 Å². The number of hydrogen-bond acceptors (Lipinski definition) is 9. The van der Waals surface area contributed by atoms with Crippen LogP contribution in [-0.2, 0) is 38.1 Å². The van der Waals surface area contributed by atoms with Gasteiger partial charge in [-0.3, -0.25) is 4.79 Å². The molecule has 0 spiro atoms. The van der Waals surface area contributed by atoms with E-state index in [4.69, 9.17) is 18.9 Å². The van der Waals surface area contributed by atoms with Crippen LogP contribution in [-0.4, -0.2) is 62.3 Å². The molecule has 0 aliphatic rings. The number of thioether (sulfide) groups is 1. The van der Waals surface area contributed by atoms with Gasteiger partial charge in [0.2, 0.25) is 0 Å². The molecule has 0 atom stereocenters. The number of carbonyl (C=O) groups is 4. The maximum Gasteiger partial charge on any atom is 0.333 e. The fourth-order valence-corrected chi connectivity index (χ4v) is 2.14. The van der Waals surface area contributed by atoms with Crippen molar-refractivity contribution < 1.29 is 38.1 Å². The summed E-state index contributed by atoms with van der Waals surface area (Å²) in [5, 5.41) is 0. The highest BCUT2D eigenvalue weighted by Crippen LogP contribution is 2.23. The molecule has 0 aromatic carbocycles. The van der Waals surface area contributed by atoms with Crippen LogP contribution in [0.2, 0.25) is 0 Å². The van der Waals surface area contributed by atoms with Gasteiger partial charge in [0.05, 0.1) is 6.42 Å². The molecular formula is C21H30O8S. The average molecular weight is 443 g/mol. The van der Waals surface area contributed by atoms with Crippen molar-refractivity contribution in [1.82, 2.24) is 0 Å². The summed E-state index contributed by atoms with van der Waals surface area (Å²) in [7, 11) is 0. The second-order valence-electron chi connectivity index (χ2n) is 6.97. The number of rotatable bonds is 14. The molecule has 0 rings (SSSR count). The Bertz CT molecular complexity index is 621. The highest BCUT2D eigenvalue weighted by Gasteiger charge is 2.38. The van der Waals surface area contributed by atoms with Crippen LogP contribution in [0.3, 0.4) is 0 Å². The van der Waals surface area contributed by atoms with E-state index in [1.807, 2.05) is 6.26 Å². The van der Waals surface area contributed by atoms with Crippen molar-refractivity contribution in [3.05, 3.63) is 36.5 Å². The lowest BCUT2D eigenvalue weighted by Gasteiger charge is -2.31. The van der Waals surface area contributed by atoms with E-state index in [2.05, 4.69) is 19.7 Å². The average Bonchev–Trinajstić information content (AvgIpc) is 2.69. The van der Waals surface area contributed by atoms with Crippen LogP contribution in [0, 0.1) is 5.41 Å². The quantitative estimate of drug-likeness (QED) is 0.228. The van der Waals surface area contributed by atoms with E-state index in [9.17, 15) is 19.2 Å². The Morgan fingerprint density at radius 3 is 1.33 bits per heavy atom. The van der Waals surface area contributed by atoms with Gasteiger partial charge in [-0.25, -0.2) is 14.4 Å². The van der Waals surface area contributed by atoms with E-state index in [1.165, 1.54) is 32.5 Å². The second-order valence-corrected chi connectivity index (χ2v) is 7.96. The number of ether oxygens (including phenoxy) is 4. The fourth-order valence-electron chi connectivity index (χ4n) is 1.77. The number of carbonyl (C=O) groups excluding carboxylic acids is 4. The molecule has 0 aliphatic heterocycles. The molecule has 0 radical (unpaired) electrons. The summed E-state index contributed by atoms with van der Waals surface area (Å²) in [4.78, 5) is 47.6. The van der Waals surface area contributed by atoms with Gasteiger partial charge in [0, 0.05) is 22.5 Å². The van der Waals surface area contributed by atoms with Crippen molar-refractivity contribution in [1.29, 1.82) is 0 Å². The number of hydrogen-bond donors (Lipinski definition) is 0. The molecule has 0 aliphatic carbocycles. The first-order valence-corrected chi connectivity index (χ1v) is 10.5. The standard InChI is InChI=1S/C21H30O8S/c1-14(2)18(23)27-11-21(12-28-19(24)15(3)4,13-29-20(25)16(5)6)10-26-17(22)8-9-30-7/h1,3,5,8-13H2,2,4,6-7H3. The molecule has 0 aromatic rings. The van der Waals surface area contributed by atoms with E-state index >= 15 is 0 Å². The van der Waals surface area contributed by atoms with E-state index in [0.717, 1.165) is 0 Å². The Morgan fingerprint density at radius 1 is 0.700 bits per heavy atom. The molecule has 168 valence electrons. The lowest BCUT2D eigenvalue weighted by atomic mass is 9.92. The zero-order chi connectivity index (χ0) is 23.3. The van der Waals surface area contributed by atoms with Crippen LogP contribution in [0.25, 0.3) is 0 Å². The van der Waals surface area contributed by atoms with Crippen LogP contribution >= 0.6 is 11.8 Å². The second kappa shape index (κ2) is 13.6. The summed E-state index contributed by atoms with van der Waals surface area (Å²) >= 11 is 1.48. The molecule has 0 N–H and O–H groups in total. The first kappa shape index (κ1) is 27.5. The third kappa shape index (κ3) is 10.8. The van der Waals surface area contributed by atoms with Gasteiger partial charge in [-0.15, -0.1) is 0 Å². The van der Waals surface area contributed by atoms with Gasteiger partial charge in [0.1, 0.15) is 31.8 Å². The predicted molar refractivity (Wildman–Crippen MR) is 114 cm³/mol. The Balaban J connectivity index is 5.60. The Labute approximate surface area is 181 Å². The van der Waals surface area contributed by atoms with Gasteiger partial charge in [0.15, 0.2) is 0 Å². The summed E-state index contributed by atoms with van der Waals surface area (Å²) < 4.78 is 20.9. The zero-order valence-corrected chi connectivity index (χ0v) is 18.9. The van der Waals surface area contributed by atoms with Crippen molar-refractivity contribution in [3.63, 3.8) is 0 Å². The molecule has 0 aromatic heterocycles. The van der Waals surface area contributed by atoms with E-state index in [-0.39, 0.29) is 49.6 Å². The highest BCUT2D eigenvalue weighted by molar-refractivity contribution is 7.98. The smallest absolute Gasteiger partial charge is 0.333 e. The number of esters is 4. The molecule has 0 bridgehead atoms. The summed E-state index contributed by atoms with van der Waals surface area (Å²) in [5.41, 5.74) is -0.868. The topological polar surface area (TPSA) is 105 Å². The fraction of sp³-hybridized carbons (Fsp3) is 0.524. The molecule has 0 heterocycles. The van der Waals surface area contributed by atoms with Gasteiger partial charge in [0.25, 0.3) is 0 Å². The molecule has 30 heavy (non-hydrogen) atoms. The molecule has 0 saturated heterocycles. The Hall–Kier alpha value is -2.55. The highest BCUT2D eigenvalue weighted by atomic mass is 32.2. The van der Waals surface area contributed by atoms with Crippen LogP contribution in [0.5, 0.6) is 0 Å². The third-order valence-corrected chi connectivity index (χ3v) is 4.24. The molecule has 9 heteroatoms. The summed E-state index contributed by atoms with van der Waals surface area (Å²) in [5.74, 6) is -2.00. The predicted octanol–water partition coefficient (Wildman–Crippen LogP) is 2.63. The Morgan fingerprint density at radius 2 is 1.03 bits per heavy atom. The van der Waals surface area contributed by atoms with Crippen molar-refractivity contribution >= 4 is 35.6 Å². The van der Waals surface area contributed by atoms with Crippen molar-refractivity contribution in [2.45, 2.75) is 27.2 Å². The molecule has 0 unspecified atom stereocenters. The summed E-state index contributed by atoms with van der Waals surface area (Å²) in [6, 6.07) is 0. The maximum atomic E-state index is 12.0. The summed E-state index contributed by atoms with van der Waals surface area (Å²) in [6.45, 7) is 13.6. The lowest BCUT2D eigenvalue weighted by molar-refractivity contribution is -0.166. The first-order chi connectivity index (χ1) is 13.9. The van der Waals surface area contributed by atoms with E-state index in [0.29, 0.717) is 5.75 Å². The summed E-state index contributed by atoms with van der Waals surface area (Å²) in [6.07, 6.45) is 2.02.